The van der Waals surface area contributed by atoms with E-state index in [1.807, 2.05) is 42.5 Å². The largest absolute Gasteiger partial charge is 0.394 e. The van der Waals surface area contributed by atoms with Crippen LogP contribution in [0.15, 0.2) is 35.2 Å². The first-order valence-electron chi connectivity index (χ1n) is 14.8. The second-order valence-electron chi connectivity index (χ2n) is 11.6. The molecule has 1 aliphatic rings. The summed E-state index contributed by atoms with van der Waals surface area (Å²) in [5, 5.41) is 19.7. The summed E-state index contributed by atoms with van der Waals surface area (Å²) < 4.78 is 1.67. The number of aliphatic hydroxyl groups excluding tert-OH is 1. The van der Waals surface area contributed by atoms with Crippen LogP contribution in [0.2, 0.25) is 0 Å². The van der Waals surface area contributed by atoms with E-state index in [4.69, 9.17) is 4.98 Å². The summed E-state index contributed by atoms with van der Waals surface area (Å²) >= 11 is 1.51. The molecule has 3 aromatic heterocycles. The van der Waals surface area contributed by atoms with Gasteiger partial charge >= 0.3 is 0 Å². The summed E-state index contributed by atoms with van der Waals surface area (Å²) in [5.41, 5.74) is 2.44. The van der Waals surface area contributed by atoms with Gasteiger partial charge in [-0.25, -0.2) is 4.98 Å². The van der Waals surface area contributed by atoms with Gasteiger partial charge in [0.15, 0.2) is 5.65 Å². The number of piperidine rings is 1. The highest BCUT2D eigenvalue weighted by molar-refractivity contribution is 7.08. The molecule has 9 nitrogen and oxygen atoms in total. The highest BCUT2D eigenvalue weighted by Gasteiger charge is 2.28. The fraction of sp³-hybridized carbons (Fsp3) is 0.548. The van der Waals surface area contributed by atoms with Crippen molar-refractivity contribution in [2.24, 2.45) is 17.8 Å². The number of fused-ring (bicyclic) bond motifs is 1. The molecule has 1 fully saturated rings. The number of nitrogens with zero attached hydrogens (tertiary/aromatic N) is 3. The minimum absolute atomic E-state index is 0.0574. The Labute approximate surface area is 246 Å². The van der Waals surface area contributed by atoms with Crippen LogP contribution in [0.3, 0.4) is 0 Å². The number of nitrogens with one attached hydrogen (secondary N) is 2. The molecular formula is C31H43N5O4S. The quantitative estimate of drug-likeness (QED) is 0.289. The zero-order chi connectivity index (χ0) is 29.5. The standard InChI is InChI=1S/C31H43N5O4S/c1-5-7-21(4)31(40)35-13-9-22(10-14-35)17-32-29(38)25-8-6-12-36-27(30(39)33-24(18-37)16-20(2)3)26(34-28(25)36)23-11-15-41-19-23/h6,8,11-12,15,19-22,24,37H,5,7,9-10,13-14,16-18H2,1-4H3,(H,32,38)(H,33,39)/t21?,24-/m1/s1. The monoisotopic (exact) mass is 581 g/mol. The smallest absolute Gasteiger partial charge is 0.270 e. The van der Waals surface area contributed by atoms with Gasteiger partial charge in [0.05, 0.1) is 18.2 Å². The van der Waals surface area contributed by atoms with Crippen molar-refractivity contribution >= 4 is 34.7 Å². The number of pyridine rings is 1. The number of carbonyl (C=O) groups is 3. The molecule has 3 amide bonds. The van der Waals surface area contributed by atoms with Gasteiger partial charge in [0.1, 0.15) is 11.4 Å². The Hall–Kier alpha value is -3.24. The second-order valence-corrected chi connectivity index (χ2v) is 12.4. The van der Waals surface area contributed by atoms with Gasteiger partial charge in [0.25, 0.3) is 11.8 Å². The molecule has 0 saturated carbocycles. The predicted octanol–water partition coefficient (Wildman–Crippen LogP) is 4.60. The maximum Gasteiger partial charge on any atom is 0.270 e. The van der Waals surface area contributed by atoms with Crippen LogP contribution >= 0.6 is 11.3 Å². The molecule has 0 spiro atoms. The first-order chi connectivity index (χ1) is 19.7. The summed E-state index contributed by atoms with van der Waals surface area (Å²) in [4.78, 5) is 46.4. The third-order valence-electron chi connectivity index (χ3n) is 7.84. The van der Waals surface area contributed by atoms with Gasteiger partial charge in [-0.2, -0.15) is 11.3 Å². The third-order valence-corrected chi connectivity index (χ3v) is 8.52. The van der Waals surface area contributed by atoms with Gasteiger partial charge in [-0.15, -0.1) is 0 Å². The van der Waals surface area contributed by atoms with Crippen molar-refractivity contribution in [3.63, 3.8) is 0 Å². The first kappa shape index (κ1) is 30.7. The molecule has 4 heterocycles. The minimum Gasteiger partial charge on any atom is -0.394 e. The van der Waals surface area contributed by atoms with E-state index in [2.05, 4.69) is 17.6 Å². The van der Waals surface area contributed by atoms with Gasteiger partial charge in [0, 0.05) is 42.7 Å². The number of hydrogen-bond donors (Lipinski definition) is 3. The average molecular weight is 582 g/mol. The van der Waals surface area contributed by atoms with Crippen LogP contribution in [-0.4, -0.2) is 69.4 Å². The lowest BCUT2D eigenvalue weighted by Crippen LogP contribution is -2.43. The summed E-state index contributed by atoms with van der Waals surface area (Å²) in [6.07, 6.45) is 6.01. The van der Waals surface area contributed by atoms with E-state index < -0.39 is 0 Å². The van der Waals surface area contributed by atoms with Gasteiger partial charge in [0.2, 0.25) is 5.91 Å². The molecule has 4 rings (SSSR count). The molecule has 0 radical (unpaired) electrons. The van der Waals surface area contributed by atoms with Crippen molar-refractivity contribution in [1.29, 1.82) is 0 Å². The van der Waals surface area contributed by atoms with Crippen LogP contribution in [0.25, 0.3) is 16.9 Å². The Bertz CT molecular complexity index is 1330. The summed E-state index contributed by atoms with van der Waals surface area (Å²) in [5.74, 6) is 0.304. The molecule has 1 aliphatic heterocycles. The molecule has 0 bridgehead atoms. The third kappa shape index (κ3) is 7.35. The molecule has 1 saturated heterocycles. The predicted molar refractivity (Wildman–Crippen MR) is 162 cm³/mol. The van der Waals surface area contributed by atoms with Crippen LogP contribution in [0, 0.1) is 17.8 Å². The fourth-order valence-corrected chi connectivity index (χ4v) is 6.26. The SMILES string of the molecule is CCCC(C)C(=O)N1CCC(CNC(=O)c2cccn3c(C(=O)N[C@@H](CO)CC(C)C)c(-c4ccsc4)nc23)CC1. The lowest BCUT2D eigenvalue weighted by molar-refractivity contribution is -0.136. The van der Waals surface area contributed by atoms with Crippen LogP contribution in [-0.2, 0) is 4.79 Å². The zero-order valence-corrected chi connectivity index (χ0v) is 25.4. The molecule has 2 atom stereocenters. The second kappa shape index (κ2) is 14.1. The van der Waals surface area contributed by atoms with E-state index in [-0.39, 0.29) is 36.3 Å². The normalized spacial score (nSPS) is 15.7. The molecule has 41 heavy (non-hydrogen) atoms. The van der Waals surface area contributed by atoms with E-state index in [0.29, 0.717) is 47.4 Å². The van der Waals surface area contributed by atoms with Crippen molar-refractivity contribution in [2.45, 2.75) is 65.8 Å². The van der Waals surface area contributed by atoms with Crippen molar-refractivity contribution < 1.29 is 19.5 Å². The lowest BCUT2D eigenvalue weighted by atomic mass is 9.95. The molecule has 222 valence electrons. The fourth-order valence-electron chi connectivity index (χ4n) is 5.62. The topological polar surface area (TPSA) is 116 Å². The number of aromatic nitrogens is 2. The van der Waals surface area contributed by atoms with E-state index in [9.17, 15) is 19.5 Å². The first-order valence-corrected chi connectivity index (χ1v) is 15.7. The Morgan fingerprint density at radius 3 is 2.54 bits per heavy atom. The number of thiophene rings is 1. The summed E-state index contributed by atoms with van der Waals surface area (Å²) in [7, 11) is 0. The maximum absolute atomic E-state index is 13.5. The summed E-state index contributed by atoms with van der Waals surface area (Å²) in [6, 6.07) is 4.99. The molecule has 1 unspecified atom stereocenters. The van der Waals surface area contributed by atoms with Gasteiger partial charge in [-0.05, 0) is 61.1 Å². The number of amides is 3. The molecule has 3 aromatic rings. The van der Waals surface area contributed by atoms with Gasteiger partial charge < -0.3 is 20.6 Å². The Morgan fingerprint density at radius 1 is 1.15 bits per heavy atom. The number of hydrogen-bond acceptors (Lipinski definition) is 6. The maximum atomic E-state index is 13.5. The van der Waals surface area contributed by atoms with Crippen molar-refractivity contribution in [2.75, 3.05) is 26.2 Å². The molecule has 0 aliphatic carbocycles. The van der Waals surface area contributed by atoms with Crippen molar-refractivity contribution in [3.8, 4) is 11.3 Å². The molecule has 10 heteroatoms. The van der Waals surface area contributed by atoms with Crippen LogP contribution in [0.1, 0.15) is 80.6 Å². The number of likely N-dealkylation sites (tertiary alicyclic amines) is 1. The minimum atomic E-state index is -0.383. The molecular weight excluding hydrogens is 538 g/mol. The van der Waals surface area contributed by atoms with Crippen LogP contribution < -0.4 is 10.6 Å². The Balaban J connectivity index is 1.50. The number of imidazole rings is 1. The average Bonchev–Trinajstić information content (AvgIpc) is 3.63. The Morgan fingerprint density at radius 2 is 1.90 bits per heavy atom. The van der Waals surface area contributed by atoms with Crippen molar-refractivity contribution in [1.82, 2.24) is 24.9 Å². The Kier molecular flexibility index (Phi) is 10.6. The van der Waals surface area contributed by atoms with Gasteiger partial charge in [-0.3, -0.25) is 18.8 Å². The van der Waals surface area contributed by atoms with E-state index >= 15 is 0 Å². The molecule has 3 N–H and O–H groups in total. The number of aliphatic hydroxyl groups is 1. The highest BCUT2D eigenvalue weighted by atomic mass is 32.1. The highest BCUT2D eigenvalue weighted by Crippen LogP contribution is 2.28. The van der Waals surface area contributed by atoms with E-state index in [0.717, 1.165) is 44.3 Å². The number of carbonyl (C=O) groups excluding carboxylic acids is 3. The van der Waals surface area contributed by atoms with Crippen LogP contribution in [0.4, 0.5) is 0 Å². The van der Waals surface area contributed by atoms with E-state index in [1.54, 1.807) is 22.7 Å². The molecule has 0 aromatic carbocycles. The number of rotatable bonds is 12. The lowest BCUT2D eigenvalue weighted by Gasteiger charge is -2.33. The summed E-state index contributed by atoms with van der Waals surface area (Å²) in [6.45, 7) is 9.99. The van der Waals surface area contributed by atoms with E-state index in [1.165, 1.54) is 11.3 Å². The zero-order valence-electron chi connectivity index (χ0n) is 24.6. The van der Waals surface area contributed by atoms with Gasteiger partial charge in [-0.1, -0.05) is 34.1 Å². The van der Waals surface area contributed by atoms with Crippen molar-refractivity contribution in [3.05, 3.63) is 46.4 Å². The van der Waals surface area contributed by atoms with Crippen LogP contribution in [0.5, 0.6) is 0 Å².